The van der Waals surface area contributed by atoms with E-state index in [0.717, 1.165) is 6.20 Å². The van der Waals surface area contributed by atoms with Gasteiger partial charge in [-0.2, -0.15) is 13.2 Å². The number of alkyl halides is 3. The minimum atomic E-state index is -4.55. The molecule has 0 unspecified atom stereocenters. The first-order chi connectivity index (χ1) is 11.7. The highest BCUT2D eigenvalue weighted by Crippen LogP contribution is 2.43. The summed E-state index contributed by atoms with van der Waals surface area (Å²) in [7, 11) is 0. The third-order valence-electron chi connectivity index (χ3n) is 5.30. The van der Waals surface area contributed by atoms with Gasteiger partial charge in [0.2, 0.25) is 0 Å². The van der Waals surface area contributed by atoms with E-state index in [1.54, 1.807) is 11.0 Å². The van der Waals surface area contributed by atoms with Crippen LogP contribution in [-0.4, -0.2) is 46.0 Å². The van der Waals surface area contributed by atoms with Crippen LogP contribution < -0.4 is 0 Å². The summed E-state index contributed by atoms with van der Waals surface area (Å²) < 4.78 is 45.6. The Hall–Kier alpha value is -2.09. The molecule has 1 amide bonds. The van der Waals surface area contributed by atoms with Crippen molar-refractivity contribution in [3.8, 4) is 0 Å². The molecule has 0 saturated carbocycles. The summed E-state index contributed by atoms with van der Waals surface area (Å²) in [6, 6.07) is 3.05. The molecule has 5 nitrogen and oxygen atoms in total. The van der Waals surface area contributed by atoms with Gasteiger partial charge >= 0.3 is 6.18 Å². The highest BCUT2D eigenvalue weighted by molar-refractivity contribution is 6.00. The topological polar surface area (TPSA) is 46.8 Å². The zero-order chi connectivity index (χ0) is 18.0. The number of hydrogen-bond donors (Lipinski definition) is 0. The standard InChI is InChI=1S/C17H18F3N3O2/c1-16(2)9-23(12-8-25-7-11(12)16)15(24)10-4-3-5-22-6-13(17(18,19)20)21-14(10)22/h3-6,11-12H,7-9H2,1-2H3/t11-,12+/m0/s1. The van der Waals surface area contributed by atoms with Crippen LogP contribution in [-0.2, 0) is 10.9 Å². The monoisotopic (exact) mass is 353 g/mol. The van der Waals surface area contributed by atoms with Crippen molar-refractivity contribution in [2.75, 3.05) is 19.8 Å². The second-order valence-electron chi connectivity index (χ2n) is 7.41. The summed E-state index contributed by atoms with van der Waals surface area (Å²) in [5.41, 5.74) is -0.882. The van der Waals surface area contributed by atoms with Gasteiger partial charge in [0.05, 0.1) is 24.8 Å². The number of ether oxygens (including phenoxy) is 1. The molecule has 2 saturated heterocycles. The Labute approximate surface area is 142 Å². The number of halogens is 3. The summed E-state index contributed by atoms with van der Waals surface area (Å²) in [5.74, 6) is -0.0577. The van der Waals surface area contributed by atoms with E-state index in [2.05, 4.69) is 18.8 Å². The van der Waals surface area contributed by atoms with Crippen LogP contribution in [0.3, 0.4) is 0 Å². The number of aromatic nitrogens is 2. The molecule has 2 fully saturated rings. The summed E-state index contributed by atoms with van der Waals surface area (Å²) in [5, 5.41) is 0. The maximum Gasteiger partial charge on any atom is 0.434 e. The maximum absolute atomic E-state index is 13.1. The Kier molecular flexibility index (Phi) is 3.41. The number of likely N-dealkylation sites (tertiary alicyclic amines) is 1. The van der Waals surface area contributed by atoms with Crippen LogP contribution in [0.4, 0.5) is 13.2 Å². The number of fused-ring (bicyclic) bond motifs is 2. The zero-order valence-electron chi connectivity index (χ0n) is 13.9. The van der Waals surface area contributed by atoms with Crippen molar-refractivity contribution in [1.29, 1.82) is 0 Å². The SMILES string of the molecule is CC1(C)CN(C(=O)c2cccn3cc(C(F)(F)F)nc23)[C@@H]2COC[C@@H]21. The number of nitrogens with zero attached hydrogens (tertiary/aromatic N) is 3. The Morgan fingerprint density at radius 1 is 1.36 bits per heavy atom. The molecule has 2 atom stereocenters. The van der Waals surface area contributed by atoms with Crippen molar-refractivity contribution in [2.24, 2.45) is 11.3 Å². The van der Waals surface area contributed by atoms with Gasteiger partial charge in [-0.25, -0.2) is 4.98 Å². The van der Waals surface area contributed by atoms with Gasteiger partial charge in [0, 0.05) is 24.9 Å². The van der Waals surface area contributed by atoms with Crippen molar-refractivity contribution >= 4 is 11.6 Å². The van der Waals surface area contributed by atoms with Gasteiger partial charge in [0.1, 0.15) is 5.65 Å². The lowest BCUT2D eigenvalue weighted by Crippen LogP contribution is -2.38. The molecule has 4 heterocycles. The minimum absolute atomic E-state index is 0.0278. The summed E-state index contributed by atoms with van der Waals surface area (Å²) >= 11 is 0. The van der Waals surface area contributed by atoms with E-state index in [-0.39, 0.29) is 34.5 Å². The van der Waals surface area contributed by atoms with Crippen LogP contribution in [0.15, 0.2) is 24.5 Å². The number of imidazole rings is 1. The quantitative estimate of drug-likeness (QED) is 0.792. The zero-order valence-corrected chi connectivity index (χ0v) is 13.9. The molecule has 2 aliphatic rings. The number of carbonyl (C=O) groups is 1. The molecule has 2 aromatic heterocycles. The van der Waals surface area contributed by atoms with E-state index >= 15 is 0 Å². The Morgan fingerprint density at radius 2 is 2.12 bits per heavy atom. The average Bonchev–Trinajstić information content (AvgIpc) is 3.21. The molecule has 134 valence electrons. The second kappa shape index (κ2) is 5.20. The number of carbonyl (C=O) groups excluding carboxylic acids is 1. The van der Waals surface area contributed by atoms with Crippen molar-refractivity contribution in [3.05, 3.63) is 35.8 Å². The van der Waals surface area contributed by atoms with Crippen LogP contribution in [0, 0.1) is 11.3 Å². The lowest BCUT2D eigenvalue weighted by Gasteiger charge is -2.24. The van der Waals surface area contributed by atoms with Crippen molar-refractivity contribution < 1.29 is 22.7 Å². The Morgan fingerprint density at radius 3 is 2.84 bits per heavy atom. The smallest absolute Gasteiger partial charge is 0.379 e. The van der Waals surface area contributed by atoms with Crippen LogP contribution in [0.2, 0.25) is 0 Å². The molecular weight excluding hydrogens is 335 g/mol. The van der Waals surface area contributed by atoms with Gasteiger partial charge in [0.25, 0.3) is 5.91 Å². The van der Waals surface area contributed by atoms with Gasteiger partial charge in [-0.15, -0.1) is 0 Å². The fraction of sp³-hybridized carbons (Fsp3) is 0.529. The highest BCUT2D eigenvalue weighted by Gasteiger charge is 2.51. The minimum Gasteiger partial charge on any atom is -0.379 e. The van der Waals surface area contributed by atoms with Gasteiger partial charge in [-0.3, -0.25) is 4.79 Å². The van der Waals surface area contributed by atoms with E-state index in [4.69, 9.17) is 4.74 Å². The van der Waals surface area contributed by atoms with E-state index in [0.29, 0.717) is 19.8 Å². The summed E-state index contributed by atoms with van der Waals surface area (Å²) in [6.45, 7) is 5.80. The van der Waals surface area contributed by atoms with E-state index in [1.165, 1.54) is 16.7 Å². The third kappa shape index (κ3) is 2.50. The largest absolute Gasteiger partial charge is 0.434 e. The molecule has 4 rings (SSSR count). The number of amides is 1. The fourth-order valence-corrected chi connectivity index (χ4v) is 3.96. The molecular formula is C17H18F3N3O2. The lowest BCUT2D eigenvalue weighted by molar-refractivity contribution is -0.140. The first kappa shape index (κ1) is 16.4. The van der Waals surface area contributed by atoms with E-state index in [1.807, 2.05) is 0 Å². The molecule has 0 radical (unpaired) electrons. The van der Waals surface area contributed by atoms with Crippen molar-refractivity contribution in [1.82, 2.24) is 14.3 Å². The van der Waals surface area contributed by atoms with Crippen LogP contribution in [0.5, 0.6) is 0 Å². The van der Waals surface area contributed by atoms with Gasteiger partial charge in [-0.1, -0.05) is 13.8 Å². The molecule has 25 heavy (non-hydrogen) atoms. The Bertz CT molecular complexity index is 843. The highest BCUT2D eigenvalue weighted by atomic mass is 19.4. The third-order valence-corrected chi connectivity index (χ3v) is 5.30. The average molecular weight is 353 g/mol. The first-order valence-electron chi connectivity index (χ1n) is 8.12. The molecule has 0 N–H and O–H groups in total. The molecule has 0 aromatic carbocycles. The van der Waals surface area contributed by atoms with Gasteiger partial charge < -0.3 is 14.0 Å². The predicted molar refractivity (Wildman–Crippen MR) is 83.1 cm³/mol. The first-order valence-corrected chi connectivity index (χ1v) is 8.12. The lowest BCUT2D eigenvalue weighted by atomic mass is 9.80. The van der Waals surface area contributed by atoms with Crippen molar-refractivity contribution in [3.63, 3.8) is 0 Å². The number of pyridine rings is 1. The van der Waals surface area contributed by atoms with E-state index < -0.39 is 11.9 Å². The van der Waals surface area contributed by atoms with Crippen LogP contribution >= 0.6 is 0 Å². The summed E-state index contributed by atoms with van der Waals surface area (Å²) in [4.78, 5) is 18.5. The van der Waals surface area contributed by atoms with Crippen molar-refractivity contribution in [2.45, 2.75) is 26.1 Å². The van der Waals surface area contributed by atoms with Crippen LogP contribution in [0.1, 0.15) is 29.9 Å². The van der Waals surface area contributed by atoms with Crippen LogP contribution in [0.25, 0.3) is 5.65 Å². The van der Waals surface area contributed by atoms with Gasteiger partial charge in [0.15, 0.2) is 5.69 Å². The second-order valence-corrected chi connectivity index (χ2v) is 7.41. The molecule has 2 aromatic rings. The summed E-state index contributed by atoms with van der Waals surface area (Å²) in [6.07, 6.45) is -2.18. The normalized spacial score (nSPS) is 25.6. The number of hydrogen-bond acceptors (Lipinski definition) is 3. The maximum atomic E-state index is 13.1. The Balaban J connectivity index is 1.75. The predicted octanol–water partition coefficient (Wildman–Crippen LogP) is 2.85. The van der Waals surface area contributed by atoms with E-state index in [9.17, 15) is 18.0 Å². The molecule has 8 heteroatoms. The molecule has 0 spiro atoms. The molecule has 0 aliphatic carbocycles. The number of rotatable bonds is 1. The molecule has 2 aliphatic heterocycles. The van der Waals surface area contributed by atoms with Gasteiger partial charge in [-0.05, 0) is 17.5 Å². The molecule has 0 bridgehead atoms. The fourth-order valence-electron chi connectivity index (χ4n) is 3.96.